The molecule has 1 nitrogen and oxygen atoms in total. The fourth-order valence-corrected chi connectivity index (χ4v) is 0.357. The lowest BCUT2D eigenvalue weighted by molar-refractivity contribution is -0.106. The molecule has 0 amide bonds. The van der Waals surface area contributed by atoms with Crippen molar-refractivity contribution in [3.05, 3.63) is 24.3 Å². The molecule has 0 spiro atoms. The van der Waals surface area contributed by atoms with E-state index < -0.39 is 0 Å². The van der Waals surface area contributed by atoms with Crippen molar-refractivity contribution in [1.82, 2.24) is 0 Å². The molecular formula is C10H18O. The summed E-state index contributed by atoms with van der Waals surface area (Å²) in [5, 5.41) is 0. The Kier molecular flexibility index (Phi) is 10.6. The minimum Gasteiger partial charge on any atom is -0.304 e. The molecule has 0 saturated heterocycles. The molecule has 64 valence electrons. The number of hydrogen-bond acceptors (Lipinski definition) is 1. The van der Waals surface area contributed by atoms with Gasteiger partial charge in [-0.25, -0.2) is 0 Å². The van der Waals surface area contributed by atoms with Crippen LogP contribution in [0.25, 0.3) is 0 Å². The van der Waals surface area contributed by atoms with Crippen LogP contribution in [0.4, 0.5) is 0 Å². The molecule has 0 radical (unpaired) electrons. The predicted molar refractivity (Wildman–Crippen MR) is 50.5 cm³/mol. The van der Waals surface area contributed by atoms with E-state index in [1.807, 2.05) is 13.0 Å². The lowest BCUT2D eigenvalue weighted by Gasteiger charge is -1.91. The van der Waals surface area contributed by atoms with Crippen LogP contribution in [0.2, 0.25) is 0 Å². The molecule has 1 heteroatoms. The third kappa shape index (κ3) is 27.2. The van der Waals surface area contributed by atoms with E-state index in [2.05, 4.69) is 26.5 Å². The summed E-state index contributed by atoms with van der Waals surface area (Å²) >= 11 is 0. The maximum absolute atomic E-state index is 8.81. The summed E-state index contributed by atoms with van der Waals surface area (Å²) in [4.78, 5) is 8.81. The first kappa shape index (κ1) is 12.8. The summed E-state index contributed by atoms with van der Waals surface area (Å²) in [5.41, 5.74) is 1.12. The number of aldehydes is 1. The van der Waals surface area contributed by atoms with Crippen LogP contribution in [0, 0.1) is 5.92 Å². The third-order valence-electron chi connectivity index (χ3n) is 0.766. The molecular weight excluding hydrogens is 136 g/mol. The Morgan fingerprint density at radius 2 is 1.82 bits per heavy atom. The fourth-order valence-electron chi connectivity index (χ4n) is 0.357. The molecule has 0 aromatic heterocycles. The van der Waals surface area contributed by atoms with Gasteiger partial charge in [-0.3, -0.25) is 0 Å². The quantitative estimate of drug-likeness (QED) is 0.441. The van der Waals surface area contributed by atoms with Gasteiger partial charge in [0.25, 0.3) is 0 Å². The molecule has 0 rings (SSSR count). The van der Waals surface area contributed by atoms with E-state index in [1.165, 1.54) is 6.92 Å². The molecule has 0 bridgehead atoms. The van der Waals surface area contributed by atoms with Crippen LogP contribution >= 0.6 is 0 Å². The highest BCUT2D eigenvalue weighted by atomic mass is 16.1. The molecule has 0 N–H and O–H groups in total. The fraction of sp³-hybridized carbons (Fsp3) is 0.500. The zero-order valence-electron chi connectivity index (χ0n) is 7.92. The first-order valence-corrected chi connectivity index (χ1v) is 3.78. The maximum Gasteiger partial charge on any atom is 0.116 e. The Bertz CT molecular complexity index is 132. The second-order valence-electron chi connectivity index (χ2n) is 2.69. The minimum atomic E-state index is 0.645. The lowest BCUT2D eigenvalue weighted by Crippen LogP contribution is -1.76. The Labute approximate surface area is 69.8 Å². The summed E-state index contributed by atoms with van der Waals surface area (Å²) < 4.78 is 0. The molecule has 0 aromatic carbocycles. The van der Waals surface area contributed by atoms with Gasteiger partial charge in [-0.05, 0) is 19.8 Å². The van der Waals surface area contributed by atoms with Crippen molar-refractivity contribution >= 4 is 6.29 Å². The lowest BCUT2D eigenvalue weighted by atomic mass is 10.2. The third-order valence-corrected chi connectivity index (χ3v) is 0.766. The van der Waals surface area contributed by atoms with E-state index in [4.69, 9.17) is 4.79 Å². The average molecular weight is 154 g/mol. The molecule has 0 atom stereocenters. The summed E-state index contributed by atoms with van der Waals surface area (Å²) in [6.45, 7) is 11.5. The number of hydrogen-bond donors (Lipinski definition) is 0. The van der Waals surface area contributed by atoms with Crippen LogP contribution in [0.15, 0.2) is 24.3 Å². The van der Waals surface area contributed by atoms with Crippen LogP contribution in [0.3, 0.4) is 0 Å². The summed E-state index contributed by atoms with van der Waals surface area (Å²) in [6.07, 6.45) is 4.94. The van der Waals surface area contributed by atoms with Gasteiger partial charge in [0.1, 0.15) is 6.29 Å². The van der Waals surface area contributed by atoms with Crippen molar-refractivity contribution < 1.29 is 4.79 Å². The van der Waals surface area contributed by atoms with Gasteiger partial charge in [0.2, 0.25) is 0 Å². The zero-order valence-corrected chi connectivity index (χ0v) is 7.92. The molecule has 0 aliphatic carbocycles. The first-order valence-electron chi connectivity index (χ1n) is 3.78. The van der Waals surface area contributed by atoms with Crippen LogP contribution in [-0.4, -0.2) is 6.29 Å². The Morgan fingerprint density at radius 1 is 1.45 bits per heavy atom. The van der Waals surface area contributed by atoms with Crippen molar-refractivity contribution in [2.45, 2.75) is 27.7 Å². The highest BCUT2D eigenvalue weighted by molar-refractivity contribution is 5.44. The Morgan fingerprint density at radius 3 is 1.91 bits per heavy atom. The minimum absolute atomic E-state index is 0.645. The van der Waals surface area contributed by atoms with Gasteiger partial charge in [-0.15, -0.1) is 0 Å². The Balaban J connectivity index is 0. The van der Waals surface area contributed by atoms with Crippen LogP contribution < -0.4 is 0 Å². The molecule has 0 aromatic rings. The van der Waals surface area contributed by atoms with E-state index in [9.17, 15) is 0 Å². The molecule has 0 aliphatic heterocycles. The van der Waals surface area contributed by atoms with Gasteiger partial charge in [0, 0.05) is 0 Å². The second kappa shape index (κ2) is 9.15. The van der Waals surface area contributed by atoms with E-state index >= 15 is 0 Å². The van der Waals surface area contributed by atoms with Gasteiger partial charge in [-0.2, -0.15) is 0 Å². The van der Waals surface area contributed by atoms with Gasteiger partial charge < -0.3 is 4.79 Å². The van der Waals surface area contributed by atoms with E-state index in [0.717, 1.165) is 11.9 Å². The van der Waals surface area contributed by atoms with E-state index in [-0.39, 0.29) is 0 Å². The van der Waals surface area contributed by atoms with E-state index in [0.29, 0.717) is 5.92 Å². The molecule has 0 unspecified atom stereocenters. The number of allylic oxidation sites excluding steroid dienone is 3. The predicted octanol–water partition coefficient (Wildman–Crippen LogP) is 2.98. The highest BCUT2D eigenvalue weighted by Gasteiger charge is 1.80. The zero-order chi connectivity index (χ0) is 9.28. The molecule has 0 aliphatic rings. The van der Waals surface area contributed by atoms with Crippen molar-refractivity contribution in [2.24, 2.45) is 5.92 Å². The van der Waals surface area contributed by atoms with Crippen molar-refractivity contribution in [3.8, 4) is 0 Å². The smallest absolute Gasteiger partial charge is 0.116 e. The molecule has 0 heterocycles. The highest BCUT2D eigenvalue weighted by Crippen LogP contribution is 1.96. The molecule has 0 saturated carbocycles. The van der Waals surface area contributed by atoms with Crippen LogP contribution in [0.5, 0.6) is 0 Å². The van der Waals surface area contributed by atoms with Gasteiger partial charge in [0.05, 0.1) is 0 Å². The van der Waals surface area contributed by atoms with Gasteiger partial charge in [-0.1, -0.05) is 38.2 Å². The van der Waals surface area contributed by atoms with Crippen molar-refractivity contribution in [3.63, 3.8) is 0 Å². The molecule has 0 fully saturated rings. The standard InChI is InChI=1S/C8H14.C2H4O/c1-7(2)5-6-8(3)4;1-2-3/h5-6,8H,1H2,2-4H3;2H,1H3. The monoisotopic (exact) mass is 154 g/mol. The van der Waals surface area contributed by atoms with Gasteiger partial charge in [0.15, 0.2) is 0 Å². The second-order valence-corrected chi connectivity index (χ2v) is 2.69. The SMILES string of the molecule is C=C(C)C=CC(C)C.CC=O. The number of rotatable bonds is 2. The maximum atomic E-state index is 8.81. The number of carbonyl (C=O) groups excluding carboxylic acids is 1. The summed E-state index contributed by atoms with van der Waals surface area (Å²) in [6, 6.07) is 0. The average Bonchev–Trinajstić information content (AvgIpc) is 1.85. The topological polar surface area (TPSA) is 17.1 Å². The largest absolute Gasteiger partial charge is 0.304 e. The summed E-state index contributed by atoms with van der Waals surface area (Å²) in [7, 11) is 0. The van der Waals surface area contributed by atoms with Gasteiger partial charge >= 0.3 is 0 Å². The van der Waals surface area contributed by atoms with Crippen molar-refractivity contribution in [2.75, 3.05) is 0 Å². The molecule has 11 heavy (non-hydrogen) atoms. The summed E-state index contributed by atoms with van der Waals surface area (Å²) in [5.74, 6) is 0.645. The normalized spacial score (nSPS) is 9.18. The van der Waals surface area contributed by atoms with E-state index in [1.54, 1.807) is 0 Å². The van der Waals surface area contributed by atoms with Crippen LogP contribution in [-0.2, 0) is 4.79 Å². The Hall–Kier alpha value is -0.850. The van der Waals surface area contributed by atoms with Crippen LogP contribution in [0.1, 0.15) is 27.7 Å². The van der Waals surface area contributed by atoms with Crippen molar-refractivity contribution in [1.29, 1.82) is 0 Å². The number of carbonyl (C=O) groups is 1. The first-order chi connectivity index (χ1) is 5.04.